The summed E-state index contributed by atoms with van der Waals surface area (Å²) >= 11 is 1.85. The Labute approximate surface area is 102 Å². The fourth-order valence-corrected chi connectivity index (χ4v) is 2.16. The molecule has 0 saturated heterocycles. The molecule has 0 aliphatic rings. The second-order valence-electron chi connectivity index (χ2n) is 4.15. The maximum Gasteiger partial charge on any atom is 0.128 e. The molecule has 4 heteroatoms. The van der Waals surface area contributed by atoms with Gasteiger partial charge in [-0.05, 0) is 31.7 Å². The van der Waals surface area contributed by atoms with E-state index < -0.39 is 0 Å². The maximum absolute atomic E-state index is 5.79. The molecule has 0 fully saturated rings. The number of thioether (sulfide) groups is 1. The van der Waals surface area contributed by atoms with Crippen molar-refractivity contribution in [3.05, 3.63) is 23.9 Å². The molecular formula is C12H21N3S. The van der Waals surface area contributed by atoms with Crippen LogP contribution in [0.4, 0.5) is 5.82 Å². The number of rotatable bonds is 5. The summed E-state index contributed by atoms with van der Waals surface area (Å²) in [5.41, 5.74) is 6.87. The summed E-state index contributed by atoms with van der Waals surface area (Å²) in [4.78, 5) is 6.64. The molecule has 0 amide bonds. The predicted molar refractivity (Wildman–Crippen MR) is 73.1 cm³/mol. The molecule has 0 aliphatic carbocycles. The Hall–Kier alpha value is -0.740. The zero-order chi connectivity index (χ0) is 12.1. The lowest BCUT2D eigenvalue weighted by molar-refractivity contribution is 0.749. The van der Waals surface area contributed by atoms with Crippen molar-refractivity contribution in [3.8, 4) is 0 Å². The minimum absolute atomic E-state index is 0.0514. The number of nitrogens with zero attached hydrogens (tertiary/aromatic N) is 2. The Kier molecular flexibility index (Phi) is 5.09. The maximum atomic E-state index is 5.79. The van der Waals surface area contributed by atoms with Gasteiger partial charge in [0.2, 0.25) is 0 Å². The number of nitrogens with two attached hydrogens (primary N) is 1. The van der Waals surface area contributed by atoms with Crippen LogP contribution in [0.3, 0.4) is 0 Å². The molecular weight excluding hydrogens is 218 g/mol. The Bertz CT molecular complexity index is 311. The number of pyridine rings is 1. The van der Waals surface area contributed by atoms with Crippen molar-refractivity contribution in [1.29, 1.82) is 0 Å². The molecule has 0 aromatic carbocycles. The van der Waals surface area contributed by atoms with Gasteiger partial charge in [-0.1, -0.05) is 6.07 Å². The minimum Gasteiger partial charge on any atom is -0.356 e. The molecule has 0 aliphatic heterocycles. The van der Waals surface area contributed by atoms with Gasteiger partial charge in [0, 0.05) is 31.1 Å². The van der Waals surface area contributed by atoms with Gasteiger partial charge >= 0.3 is 0 Å². The van der Waals surface area contributed by atoms with Gasteiger partial charge in [-0.2, -0.15) is 11.8 Å². The van der Waals surface area contributed by atoms with Crippen molar-refractivity contribution in [1.82, 2.24) is 4.98 Å². The third-order valence-corrected chi connectivity index (χ3v) is 3.54. The van der Waals surface area contributed by atoms with E-state index in [0.717, 1.165) is 17.1 Å². The molecule has 2 atom stereocenters. The lowest BCUT2D eigenvalue weighted by Crippen LogP contribution is -2.31. The quantitative estimate of drug-likeness (QED) is 0.856. The Balaban J connectivity index is 2.73. The van der Waals surface area contributed by atoms with Crippen molar-refractivity contribution in [2.45, 2.75) is 25.9 Å². The molecule has 0 spiro atoms. The molecule has 1 heterocycles. The van der Waals surface area contributed by atoms with Crippen molar-refractivity contribution >= 4 is 17.6 Å². The minimum atomic E-state index is 0.0514. The van der Waals surface area contributed by atoms with Crippen molar-refractivity contribution in [2.24, 2.45) is 5.73 Å². The van der Waals surface area contributed by atoms with Gasteiger partial charge in [0.05, 0.1) is 0 Å². The fraction of sp³-hybridized carbons (Fsp3) is 0.583. The highest BCUT2D eigenvalue weighted by Gasteiger charge is 2.10. The number of hydrogen-bond acceptors (Lipinski definition) is 4. The molecule has 1 rings (SSSR count). The molecule has 90 valence electrons. The lowest BCUT2D eigenvalue weighted by atomic mass is 10.1. The summed E-state index contributed by atoms with van der Waals surface area (Å²) in [6, 6.07) is 4.63. The van der Waals surface area contributed by atoms with Gasteiger partial charge in [-0.25, -0.2) is 4.98 Å². The van der Waals surface area contributed by atoms with E-state index in [-0.39, 0.29) is 6.04 Å². The van der Waals surface area contributed by atoms with E-state index in [1.165, 1.54) is 0 Å². The SMILES string of the molecule is CSCC(C)N(C)c1ccc([C@H](C)N)cn1. The smallest absolute Gasteiger partial charge is 0.128 e. The van der Waals surface area contributed by atoms with Crippen molar-refractivity contribution in [2.75, 3.05) is 24.0 Å². The molecule has 0 radical (unpaired) electrons. The summed E-state index contributed by atoms with van der Waals surface area (Å²) in [6.45, 7) is 4.17. The highest BCUT2D eigenvalue weighted by atomic mass is 32.2. The highest BCUT2D eigenvalue weighted by Crippen LogP contribution is 2.16. The number of aromatic nitrogens is 1. The van der Waals surface area contributed by atoms with Crippen LogP contribution in [-0.4, -0.2) is 30.1 Å². The topological polar surface area (TPSA) is 42.1 Å². The summed E-state index contributed by atoms with van der Waals surface area (Å²) in [6.07, 6.45) is 3.99. The second-order valence-corrected chi connectivity index (χ2v) is 5.06. The molecule has 16 heavy (non-hydrogen) atoms. The highest BCUT2D eigenvalue weighted by molar-refractivity contribution is 7.98. The van der Waals surface area contributed by atoms with E-state index in [4.69, 9.17) is 5.73 Å². The van der Waals surface area contributed by atoms with Crippen LogP contribution in [0.25, 0.3) is 0 Å². The van der Waals surface area contributed by atoms with Crippen molar-refractivity contribution < 1.29 is 0 Å². The van der Waals surface area contributed by atoms with E-state index in [9.17, 15) is 0 Å². The van der Waals surface area contributed by atoms with Crippen LogP contribution in [0.5, 0.6) is 0 Å². The van der Waals surface area contributed by atoms with Crippen LogP contribution in [0, 0.1) is 0 Å². The van der Waals surface area contributed by atoms with E-state index in [0.29, 0.717) is 6.04 Å². The van der Waals surface area contributed by atoms with Crippen LogP contribution in [0.2, 0.25) is 0 Å². The van der Waals surface area contributed by atoms with Gasteiger partial charge in [0.25, 0.3) is 0 Å². The first-order chi connectivity index (χ1) is 7.56. The fourth-order valence-electron chi connectivity index (χ4n) is 1.45. The average Bonchev–Trinajstić information content (AvgIpc) is 2.28. The monoisotopic (exact) mass is 239 g/mol. The molecule has 0 saturated carbocycles. The van der Waals surface area contributed by atoms with Gasteiger partial charge < -0.3 is 10.6 Å². The van der Waals surface area contributed by atoms with Crippen molar-refractivity contribution in [3.63, 3.8) is 0 Å². The summed E-state index contributed by atoms with van der Waals surface area (Å²) in [7, 11) is 2.08. The summed E-state index contributed by atoms with van der Waals surface area (Å²) in [5.74, 6) is 2.11. The Morgan fingerprint density at radius 1 is 1.44 bits per heavy atom. The first-order valence-electron chi connectivity index (χ1n) is 5.49. The second kappa shape index (κ2) is 6.11. The van der Waals surface area contributed by atoms with Gasteiger partial charge in [0.15, 0.2) is 0 Å². The van der Waals surface area contributed by atoms with Crippen LogP contribution >= 0.6 is 11.8 Å². The Morgan fingerprint density at radius 3 is 2.56 bits per heavy atom. The third kappa shape index (κ3) is 3.39. The summed E-state index contributed by atoms with van der Waals surface area (Å²) in [5, 5.41) is 0. The largest absolute Gasteiger partial charge is 0.356 e. The first-order valence-corrected chi connectivity index (χ1v) is 6.89. The summed E-state index contributed by atoms with van der Waals surface area (Å²) < 4.78 is 0. The zero-order valence-corrected chi connectivity index (χ0v) is 11.3. The third-order valence-electron chi connectivity index (χ3n) is 2.73. The van der Waals surface area contributed by atoms with Crippen LogP contribution in [0.15, 0.2) is 18.3 Å². The number of anilines is 1. The van der Waals surface area contributed by atoms with E-state index >= 15 is 0 Å². The molecule has 2 N–H and O–H groups in total. The van der Waals surface area contributed by atoms with Gasteiger partial charge in [0.1, 0.15) is 5.82 Å². The normalized spacial score (nSPS) is 14.6. The lowest BCUT2D eigenvalue weighted by Gasteiger charge is -2.25. The number of hydrogen-bond donors (Lipinski definition) is 1. The Morgan fingerprint density at radius 2 is 2.12 bits per heavy atom. The average molecular weight is 239 g/mol. The van der Waals surface area contributed by atoms with Crippen LogP contribution < -0.4 is 10.6 Å². The van der Waals surface area contributed by atoms with E-state index in [1.807, 2.05) is 30.9 Å². The zero-order valence-electron chi connectivity index (χ0n) is 10.5. The molecule has 1 aromatic rings. The predicted octanol–water partition coefficient (Wildman–Crippen LogP) is 2.29. The molecule has 1 unspecified atom stereocenters. The molecule has 3 nitrogen and oxygen atoms in total. The van der Waals surface area contributed by atoms with Crippen LogP contribution in [0.1, 0.15) is 25.5 Å². The van der Waals surface area contributed by atoms with Gasteiger partial charge in [-0.3, -0.25) is 0 Å². The first kappa shape index (κ1) is 13.3. The standard InChI is InChI=1S/C12H21N3S/c1-9(8-16-4)15(3)12-6-5-11(7-14-12)10(2)13/h5-7,9-10H,8,13H2,1-4H3/t9?,10-/m0/s1. The van der Waals surface area contributed by atoms with E-state index in [2.05, 4.69) is 36.2 Å². The van der Waals surface area contributed by atoms with E-state index in [1.54, 1.807) is 0 Å². The van der Waals surface area contributed by atoms with Crippen LogP contribution in [-0.2, 0) is 0 Å². The van der Waals surface area contributed by atoms with Gasteiger partial charge in [-0.15, -0.1) is 0 Å². The molecule has 0 bridgehead atoms. The molecule has 1 aromatic heterocycles.